The van der Waals surface area contributed by atoms with Crippen molar-refractivity contribution >= 4 is 5.69 Å². The second-order valence-corrected chi connectivity index (χ2v) is 6.49. The van der Waals surface area contributed by atoms with E-state index in [-0.39, 0.29) is 5.69 Å². The van der Waals surface area contributed by atoms with Crippen molar-refractivity contribution < 1.29 is 19.1 Å². The summed E-state index contributed by atoms with van der Waals surface area (Å²) in [5, 5.41) is 14.2. The minimum absolute atomic E-state index is 0.0662. The highest BCUT2D eigenvalue weighted by molar-refractivity contribution is 5.43. The molecule has 1 fully saturated rings. The molecule has 0 saturated carbocycles. The minimum Gasteiger partial charge on any atom is -0.493 e. The summed E-state index contributed by atoms with van der Waals surface area (Å²) in [7, 11) is 1.61. The van der Waals surface area contributed by atoms with Gasteiger partial charge >= 0.3 is 0 Å². The van der Waals surface area contributed by atoms with Crippen LogP contribution in [0.1, 0.15) is 24.0 Å². The monoisotopic (exact) mass is 372 g/mol. The van der Waals surface area contributed by atoms with Crippen LogP contribution in [0.15, 0.2) is 42.5 Å². The van der Waals surface area contributed by atoms with Crippen molar-refractivity contribution in [1.82, 2.24) is 5.32 Å². The van der Waals surface area contributed by atoms with Crippen LogP contribution >= 0.6 is 0 Å². The Kier molecular flexibility index (Phi) is 6.62. The lowest BCUT2D eigenvalue weighted by molar-refractivity contribution is -0.384. The molecule has 0 radical (unpaired) electrons. The van der Waals surface area contributed by atoms with Gasteiger partial charge in [0.05, 0.1) is 18.6 Å². The number of hydrogen-bond donors (Lipinski definition) is 1. The number of ether oxygens (including phenoxy) is 3. The molecule has 0 bridgehead atoms. The van der Waals surface area contributed by atoms with Gasteiger partial charge in [-0.2, -0.15) is 0 Å². The van der Waals surface area contributed by atoms with Crippen LogP contribution in [0.5, 0.6) is 11.5 Å². The number of non-ortho nitro benzene ring substituents is 1. The number of rotatable bonds is 8. The zero-order chi connectivity index (χ0) is 19.1. The molecule has 7 nitrogen and oxygen atoms in total. The van der Waals surface area contributed by atoms with E-state index >= 15 is 0 Å². The SMILES string of the molecule is COc1cc(CNC2CCCOC2)ccc1OCc1ccc([N+](=O)[O-])cc1. The first-order valence-corrected chi connectivity index (χ1v) is 9.00. The molecule has 1 N–H and O–H groups in total. The molecule has 0 aromatic heterocycles. The maximum Gasteiger partial charge on any atom is 0.269 e. The van der Waals surface area contributed by atoms with Crippen molar-refractivity contribution in [2.45, 2.75) is 32.0 Å². The molecule has 144 valence electrons. The van der Waals surface area contributed by atoms with Gasteiger partial charge < -0.3 is 19.5 Å². The van der Waals surface area contributed by atoms with Gasteiger partial charge in [0.2, 0.25) is 0 Å². The van der Waals surface area contributed by atoms with Gasteiger partial charge in [-0.3, -0.25) is 10.1 Å². The molecule has 0 spiro atoms. The third kappa shape index (κ3) is 5.42. The van der Waals surface area contributed by atoms with Crippen molar-refractivity contribution in [3.8, 4) is 11.5 Å². The molecular weight excluding hydrogens is 348 g/mol. The third-order valence-electron chi connectivity index (χ3n) is 4.52. The topological polar surface area (TPSA) is 82.9 Å². The van der Waals surface area contributed by atoms with E-state index in [1.54, 1.807) is 19.2 Å². The van der Waals surface area contributed by atoms with Crippen LogP contribution in [-0.4, -0.2) is 31.3 Å². The molecule has 1 aliphatic heterocycles. The summed E-state index contributed by atoms with van der Waals surface area (Å²) in [5.74, 6) is 1.30. The van der Waals surface area contributed by atoms with E-state index in [0.717, 1.165) is 43.7 Å². The molecule has 7 heteroatoms. The molecule has 1 heterocycles. The zero-order valence-electron chi connectivity index (χ0n) is 15.3. The summed E-state index contributed by atoms with van der Waals surface area (Å²) in [6, 6.07) is 12.6. The Morgan fingerprint density at radius 2 is 1.96 bits per heavy atom. The maximum atomic E-state index is 10.7. The second-order valence-electron chi connectivity index (χ2n) is 6.49. The van der Waals surface area contributed by atoms with E-state index in [2.05, 4.69) is 5.32 Å². The largest absolute Gasteiger partial charge is 0.493 e. The smallest absolute Gasteiger partial charge is 0.269 e. The summed E-state index contributed by atoms with van der Waals surface area (Å²) in [6.45, 7) is 2.67. The van der Waals surface area contributed by atoms with E-state index in [9.17, 15) is 10.1 Å². The summed E-state index contributed by atoms with van der Waals surface area (Å²) >= 11 is 0. The molecule has 0 aliphatic carbocycles. The fraction of sp³-hybridized carbons (Fsp3) is 0.400. The fourth-order valence-corrected chi connectivity index (χ4v) is 2.98. The molecule has 2 aromatic rings. The van der Waals surface area contributed by atoms with Gasteiger partial charge in [-0.05, 0) is 48.2 Å². The normalized spacial score (nSPS) is 16.7. The van der Waals surface area contributed by atoms with Crippen LogP contribution in [0.3, 0.4) is 0 Å². The average Bonchev–Trinajstić information content (AvgIpc) is 2.72. The lowest BCUT2D eigenvalue weighted by atomic mass is 10.1. The first-order chi connectivity index (χ1) is 13.2. The number of nitrogens with one attached hydrogen (secondary N) is 1. The van der Waals surface area contributed by atoms with Crippen molar-refractivity contribution in [3.63, 3.8) is 0 Å². The summed E-state index contributed by atoms with van der Waals surface area (Å²) in [6.07, 6.45) is 2.23. The van der Waals surface area contributed by atoms with E-state index < -0.39 is 4.92 Å². The lowest BCUT2D eigenvalue weighted by Gasteiger charge is -2.23. The quantitative estimate of drug-likeness (QED) is 0.564. The summed E-state index contributed by atoms with van der Waals surface area (Å²) in [5.41, 5.74) is 2.03. The van der Waals surface area contributed by atoms with Crippen LogP contribution in [0.25, 0.3) is 0 Å². The predicted octanol–water partition coefficient (Wildman–Crippen LogP) is 3.45. The molecule has 27 heavy (non-hydrogen) atoms. The standard InChI is InChI=1S/C20H24N2O5/c1-25-20-11-16(12-21-17-3-2-10-26-14-17)6-9-19(20)27-13-15-4-7-18(8-5-15)22(23)24/h4-9,11,17,21H,2-3,10,12-14H2,1H3. The van der Waals surface area contributed by atoms with Gasteiger partial charge in [0.1, 0.15) is 6.61 Å². The predicted molar refractivity (Wildman–Crippen MR) is 101 cm³/mol. The molecule has 1 atom stereocenters. The van der Waals surface area contributed by atoms with Crippen LogP contribution in [0.2, 0.25) is 0 Å². The highest BCUT2D eigenvalue weighted by atomic mass is 16.6. The number of benzene rings is 2. The first-order valence-electron chi connectivity index (χ1n) is 9.00. The highest BCUT2D eigenvalue weighted by Gasteiger charge is 2.14. The van der Waals surface area contributed by atoms with Crippen LogP contribution in [0.4, 0.5) is 5.69 Å². The van der Waals surface area contributed by atoms with E-state index in [4.69, 9.17) is 14.2 Å². The number of methoxy groups -OCH3 is 1. The van der Waals surface area contributed by atoms with Crippen molar-refractivity contribution in [2.24, 2.45) is 0 Å². The number of nitrogens with zero attached hydrogens (tertiary/aromatic N) is 1. The van der Waals surface area contributed by atoms with E-state index in [1.165, 1.54) is 12.1 Å². The Morgan fingerprint density at radius 3 is 2.63 bits per heavy atom. The minimum atomic E-state index is -0.417. The third-order valence-corrected chi connectivity index (χ3v) is 4.52. The van der Waals surface area contributed by atoms with Crippen molar-refractivity contribution in [3.05, 3.63) is 63.7 Å². The highest BCUT2D eigenvalue weighted by Crippen LogP contribution is 2.29. The fourth-order valence-electron chi connectivity index (χ4n) is 2.98. The Morgan fingerprint density at radius 1 is 1.19 bits per heavy atom. The van der Waals surface area contributed by atoms with Gasteiger partial charge in [-0.1, -0.05) is 6.07 Å². The second kappa shape index (κ2) is 9.34. The maximum absolute atomic E-state index is 10.7. The van der Waals surface area contributed by atoms with Crippen LogP contribution in [0, 0.1) is 10.1 Å². The molecule has 0 amide bonds. The molecule has 3 rings (SSSR count). The first kappa shape index (κ1) is 19.1. The molecular formula is C20H24N2O5. The van der Waals surface area contributed by atoms with Crippen molar-refractivity contribution in [1.29, 1.82) is 0 Å². The molecule has 1 unspecified atom stereocenters. The molecule has 1 saturated heterocycles. The number of nitro groups is 1. The Bertz CT molecular complexity index is 757. The van der Waals surface area contributed by atoms with Crippen LogP contribution in [-0.2, 0) is 17.9 Å². The lowest BCUT2D eigenvalue weighted by Crippen LogP contribution is -2.36. The Labute approximate surface area is 158 Å². The average molecular weight is 372 g/mol. The van der Waals surface area contributed by atoms with Gasteiger partial charge in [0, 0.05) is 31.3 Å². The van der Waals surface area contributed by atoms with E-state index in [1.807, 2.05) is 18.2 Å². The molecule has 2 aromatic carbocycles. The number of nitro benzene ring substituents is 1. The Hall–Kier alpha value is -2.64. The zero-order valence-corrected chi connectivity index (χ0v) is 15.3. The van der Waals surface area contributed by atoms with Gasteiger partial charge in [-0.25, -0.2) is 0 Å². The van der Waals surface area contributed by atoms with Crippen LogP contribution < -0.4 is 14.8 Å². The molecule has 1 aliphatic rings. The summed E-state index contributed by atoms with van der Waals surface area (Å²) in [4.78, 5) is 10.3. The van der Waals surface area contributed by atoms with Gasteiger partial charge in [0.15, 0.2) is 11.5 Å². The van der Waals surface area contributed by atoms with Crippen molar-refractivity contribution in [2.75, 3.05) is 20.3 Å². The summed E-state index contributed by atoms with van der Waals surface area (Å²) < 4.78 is 16.8. The van der Waals surface area contributed by atoms with Gasteiger partial charge in [-0.15, -0.1) is 0 Å². The van der Waals surface area contributed by atoms with Gasteiger partial charge in [0.25, 0.3) is 5.69 Å². The Balaban J connectivity index is 1.57. The van der Waals surface area contributed by atoms with E-state index in [0.29, 0.717) is 24.1 Å². The number of hydrogen-bond acceptors (Lipinski definition) is 6.